The average molecular weight is 289 g/mol. The third kappa shape index (κ3) is 4.48. The van der Waals surface area contributed by atoms with Gasteiger partial charge in [0.1, 0.15) is 0 Å². The normalized spacial score (nSPS) is 15.3. The van der Waals surface area contributed by atoms with Crippen LogP contribution in [0.1, 0.15) is 18.4 Å². The first-order valence-electron chi connectivity index (χ1n) is 7.37. The highest BCUT2D eigenvalue weighted by Crippen LogP contribution is 2.14. The van der Waals surface area contributed by atoms with Crippen LogP contribution in [0, 0.1) is 0 Å². The van der Waals surface area contributed by atoms with Gasteiger partial charge in [0.25, 0.3) is 0 Å². The number of nitrogens with one attached hydrogen (secondary N) is 1. The summed E-state index contributed by atoms with van der Waals surface area (Å²) < 4.78 is 0. The second-order valence-corrected chi connectivity index (χ2v) is 5.58. The van der Waals surface area contributed by atoms with Gasteiger partial charge in [0, 0.05) is 39.3 Å². The minimum Gasteiger partial charge on any atom is -0.378 e. The van der Waals surface area contributed by atoms with E-state index in [4.69, 9.17) is 0 Å². The van der Waals surface area contributed by atoms with Crippen molar-refractivity contribution in [2.75, 3.05) is 38.6 Å². The molecule has 0 unspecified atom stereocenters. The van der Waals surface area contributed by atoms with E-state index in [2.05, 4.69) is 29.6 Å². The number of nitrogens with zero attached hydrogens (tertiary/aromatic N) is 2. The molecular weight excluding hydrogens is 266 g/mol. The molecule has 1 heterocycles. The van der Waals surface area contributed by atoms with E-state index in [0.29, 0.717) is 25.9 Å². The topological polar surface area (TPSA) is 52.7 Å². The number of hydrogen-bond donors (Lipinski definition) is 1. The van der Waals surface area contributed by atoms with Gasteiger partial charge < -0.3 is 15.1 Å². The van der Waals surface area contributed by atoms with Gasteiger partial charge in [-0.2, -0.15) is 0 Å². The number of amides is 2. The van der Waals surface area contributed by atoms with E-state index in [1.807, 2.05) is 19.0 Å². The molecule has 1 fully saturated rings. The summed E-state index contributed by atoms with van der Waals surface area (Å²) in [5.74, 6) is -0.0000722. The highest BCUT2D eigenvalue weighted by Gasteiger charge is 2.19. The lowest BCUT2D eigenvalue weighted by molar-refractivity contribution is -0.135. The first-order valence-corrected chi connectivity index (χ1v) is 7.37. The fourth-order valence-corrected chi connectivity index (χ4v) is 2.39. The number of rotatable bonds is 4. The maximum absolute atomic E-state index is 12.2. The summed E-state index contributed by atoms with van der Waals surface area (Å²) in [6, 6.07) is 8.22. The zero-order valence-corrected chi connectivity index (χ0v) is 12.8. The SMILES string of the molecule is CN(C)c1ccc(CCC(=O)N2CCCNC(=O)C2)cc1. The van der Waals surface area contributed by atoms with Crippen LogP contribution in [0.15, 0.2) is 24.3 Å². The van der Waals surface area contributed by atoms with Crippen molar-refractivity contribution in [1.82, 2.24) is 10.2 Å². The summed E-state index contributed by atoms with van der Waals surface area (Å²) in [4.78, 5) is 27.4. The van der Waals surface area contributed by atoms with Crippen LogP contribution in [0.5, 0.6) is 0 Å². The van der Waals surface area contributed by atoms with Gasteiger partial charge in [0.2, 0.25) is 11.8 Å². The molecule has 0 aliphatic carbocycles. The smallest absolute Gasteiger partial charge is 0.239 e. The van der Waals surface area contributed by atoms with Gasteiger partial charge in [-0.15, -0.1) is 0 Å². The Balaban J connectivity index is 1.86. The van der Waals surface area contributed by atoms with Crippen molar-refractivity contribution in [2.45, 2.75) is 19.3 Å². The van der Waals surface area contributed by atoms with Gasteiger partial charge in [0.15, 0.2) is 0 Å². The van der Waals surface area contributed by atoms with Crippen molar-refractivity contribution in [1.29, 1.82) is 0 Å². The molecule has 0 spiro atoms. The molecular formula is C16H23N3O2. The Hall–Kier alpha value is -2.04. The Labute approximate surface area is 125 Å². The molecule has 1 aromatic carbocycles. The summed E-state index contributed by atoms with van der Waals surface area (Å²) in [6.45, 7) is 1.52. The van der Waals surface area contributed by atoms with E-state index < -0.39 is 0 Å². The minimum absolute atomic E-state index is 0.0590. The summed E-state index contributed by atoms with van der Waals surface area (Å²) in [5.41, 5.74) is 2.29. The third-order valence-corrected chi connectivity index (χ3v) is 3.69. The molecule has 2 rings (SSSR count). The number of anilines is 1. The van der Waals surface area contributed by atoms with Crippen molar-refractivity contribution in [3.05, 3.63) is 29.8 Å². The Kier molecular flexibility index (Phi) is 5.20. The van der Waals surface area contributed by atoms with Gasteiger partial charge in [-0.1, -0.05) is 12.1 Å². The van der Waals surface area contributed by atoms with Gasteiger partial charge in [-0.05, 0) is 30.5 Å². The monoisotopic (exact) mass is 289 g/mol. The van der Waals surface area contributed by atoms with E-state index >= 15 is 0 Å². The Morgan fingerprint density at radius 3 is 2.67 bits per heavy atom. The average Bonchev–Trinajstić information content (AvgIpc) is 2.70. The van der Waals surface area contributed by atoms with Crippen molar-refractivity contribution in [3.63, 3.8) is 0 Å². The second kappa shape index (κ2) is 7.11. The fraction of sp³-hybridized carbons (Fsp3) is 0.500. The fourth-order valence-electron chi connectivity index (χ4n) is 2.39. The molecule has 1 aromatic rings. The van der Waals surface area contributed by atoms with Crippen LogP contribution in [0.4, 0.5) is 5.69 Å². The first-order chi connectivity index (χ1) is 10.1. The molecule has 114 valence electrons. The standard InChI is InChI=1S/C16H23N3O2/c1-18(2)14-7-4-13(5-8-14)6-9-16(21)19-11-3-10-17-15(20)12-19/h4-5,7-8H,3,6,9-12H2,1-2H3,(H,17,20). The molecule has 0 atom stereocenters. The zero-order chi connectivity index (χ0) is 15.2. The van der Waals surface area contributed by atoms with E-state index in [1.165, 1.54) is 0 Å². The number of hydrogen-bond acceptors (Lipinski definition) is 3. The summed E-state index contributed by atoms with van der Waals surface area (Å²) in [5, 5.41) is 2.78. The number of carbonyl (C=O) groups excluding carboxylic acids is 2. The molecule has 1 N–H and O–H groups in total. The largest absolute Gasteiger partial charge is 0.378 e. The first kappa shape index (κ1) is 15.4. The maximum Gasteiger partial charge on any atom is 0.239 e. The Morgan fingerprint density at radius 1 is 1.29 bits per heavy atom. The molecule has 1 saturated heterocycles. The lowest BCUT2D eigenvalue weighted by Gasteiger charge is -2.19. The van der Waals surface area contributed by atoms with Crippen LogP contribution in [-0.2, 0) is 16.0 Å². The Morgan fingerprint density at radius 2 is 2.00 bits per heavy atom. The maximum atomic E-state index is 12.2. The van der Waals surface area contributed by atoms with Crippen LogP contribution in [-0.4, -0.2) is 50.4 Å². The lowest BCUT2D eigenvalue weighted by atomic mass is 10.1. The van der Waals surface area contributed by atoms with Crippen LogP contribution in [0.3, 0.4) is 0 Å². The van der Waals surface area contributed by atoms with Gasteiger partial charge in [-0.3, -0.25) is 9.59 Å². The van der Waals surface area contributed by atoms with E-state index in [9.17, 15) is 9.59 Å². The predicted molar refractivity (Wildman–Crippen MR) is 83.3 cm³/mol. The minimum atomic E-state index is -0.0591. The Bertz CT molecular complexity index is 497. The summed E-state index contributed by atoms with van der Waals surface area (Å²) >= 11 is 0. The van der Waals surface area contributed by atoms with Crippen molar-refractivity contribution in [2.24, 2.45) is 0 Å². The molecule has 21 heavy (non-hydrogen) atoms. The molecule has 1 aliphatic rings. The van der Waals surface area contributed by atoms with Gasteiger partial charge >= 0.3 is 0 Å². The van der Waals surface area contributed by atoms with Gasteiger partial charge in [0.05, 0.1) is 6.54 Å². The molecule has 5 nitrogen and oxygen atoms in total. The van der Waals surface area contributed by atoms with Gasteiger partial charge in [-0.25, -0.2) is 0 Å². The molecule has 1 aliphatic heterocycles. The van der Waals surface area contributed by atoms with Crippen LogP contribution < -0.4 is 10.2 Å². The predicted octanol–water partition coefficient (Wildman–Crippen LogP) is 1.03. The molecule has 0 bridgehead atoms. The van der Waals surface area contributed by atoms with Crippen LogP contribution >= 0.6 is 0 Å². The number of carbonyl (C=O) groups is 2. The number of aryl methyl sites for hydroxylation is 1. The second-order valence-electron chi connectivity index (χ2n) is 5.58. The number of benzene rings is 1. The lowest BCUT2D eigenvalue weighted by Crippen LogP contribution is -2.37. The quantitative estimate of drug-likeness (QED) is 0.901. The van der Waals surface area contributed by atoms with Crippen molar-refractivity contribution >= 4 is 17.5 Å². The van der Waals surface area contributed by atoms with Crippen molar-refractivity contribution in [3.8, 4) is 0 Å². The third-order valence-electron chi connectivity index (χ3n) is 3.69. The summed E-state index contributed by atoms with van der Waals surface area (Å²) in [6.07, 6.45) is 1.99. The highest BCUT2D eigenvalue weighted by atomic mass is 16.2. The zero-order valence-electron chi connectivity index (χ0n) is 12.8. The molecule has 0 saturated carbocycles. The molecule has 0 radical (unpaired) electrons. The molecule has 5 heteroatoms. The van der Waals surface area contributed by atoms with Crippen molar-refractivity contribution < 1.29 is 9.59 Å². The molecule has 2 amide bonds. The summed E-state index contributed by atoms with van der Waals surface area (Å²) in [7, 11) is 4.01. The van der Waals surface area contributed by atoms with E-state index in [1.54, 1.807) is 4.90 Å². The van der Waals surface area contributed by atoms with Crippen LogP contribution in [0.25, 0.3) is 0 Å². The van der Waals surface area contributed by atoms with E-state index in [-0.39, 0.29) is 18.4 Å². The van der Waals surface area contributed by atoms with E-state index in [0.717, 1.165) is 17.7 Å². The highest BCUT2D eigenvalue weighted by molar-refractivity contribution is 5.85. The van der Waals surface area contributed by atoms with Crippen LogP contribution in [0.2, 0.25) is 0 Å². The molecule has 0 aromatic heterocycles.